The summed E-state index contributed by atoms with van der Waals surface area (Å²) in [6.45, 7) is 3.46. The van der Waals surface area contributed by atoms with Gasteiger partial charge in [-0.25, -0.2) is 4.39 Å². The Morgan fingerprint density at radius 1 is 1.16 bits per heavy atom. The predicted molar refractivity (Wildman–Crippen MR) is 117 cm³/mol. The van der Waals surface area contributed by atoms with Crippen LogP contribution in [0.15, 0.2) is 42.5 Å². The number of rotatable bonds is 6. The minimum Gasteiger partial charge on any atom is -0.508 e. The minimum absolute atomic E-state index is 0.135. The van der Waals surface area contributed by atoms with Crippen LogP contribution >= 0.6 is 0 Å². The molecule has 5 nitrogen and oxygen atoms in total. The Labute approximate surface area is 180 Å². The summed E-state index contributed by atoms with van der Waals surface area (Å²) in [6.07, 6.45) is 2.33. The Morgan fingerprint density at radius 2 is 1.90 bits per heavy atom. The van der Waals surface area contributed by atoms with Gasteiger partial charge in [0, 0.05) is 42.2 Å². The number of pyridine rings is 1. The molecular weight excluding hydrogens is 397 g/mol. The second-order valence-corrected chi connectivity index (χ2v) is 7.75. The normalized spacial score (nSPS) is 14.6. The van der Waals surface area contributed by atoms with E-state index in [-0.39, 0.29) is 29.9 Å². The van der Waals surface area contributed by atoms with Gasteiger partial charge in [-0.3, -0.25) is 9.78 Å². The Kier molecular flexibility index (Phi) is 6.47. The van der Waals surface area contributed by atoms with Crippen molar-refractivity contribution in [2.24, 2.45) is 0 Å². The molecule has 162 valence electrons. The molecule has 0 aliphatic carbocycles. The number of hydrogen-bond donors (Lipinski definition) is 1. The average molecular weight is 423 g/mol. The molecule has 1 N–H and O–H groups in total. The first-order valence-corrected chi connectivity index (χ1v) is 10.7. The van der Waals surface area contributed by atoms with Crippen LogP contribution in [0.4, 0.5) is 4.39 Å². The highest BCUT2D eigenvalue weighted by Gasteiger charge is 2.25. The van der Waals surface area contributed by atoms with Crippen molar-refractivity contribution in [1.29, 1.82) is 0 Å². The molecule has 0 atom stereocenters. The largest absolute Gasteiger partial charge is 0.508 e. The van der Waals surface area contributed by atoms with Gasteiger partial charge in [-0.05, 0) is 61.0 Å². The van der Waals surface area contributed by atoms with Crippen LogP contribution in [-0.4, -0.2) is 35.9 Å². The zero-order valence-electron chi connectivity index (χ0n) is 17.6. The van der Waals surface area contributed by atoms with Crippen LogP contribution in [-0.2, 0) is 20.7 Å². The number of aryl methyl sites for hydroxylation is 1. The van der Waals surface area contributed by atoms with Gasteiger partial charge < -0.3 is 14.6 Å². The van der Waals surface area contributed by atoms with Crippen molar-refractivity contribution in [2.45, 2.75) is 38.5 Å². The number of fused-ring (bicyclic) bond motifs is 1. The molecule has 1 aliphatic heterocycles. The van der Waals surface area contributed by atoms with Crippen molar-refractivity contribution in [3.05, 3.63) is 59.7 Å². The second kappa shape index (κ2) is 9.43. The number of aromatic nitrogens is 1. The van der Waals surface area contributed by atoms with Gasteiger partial charge in [0.15, 0.2) is 0 Å². The molecule has 0 unspecified atom stereocenters. The van der Waals surface area contributed by atoms with Crippen molar-refractivity contribution in [2.75, 3.05) is 19.8 Å². The second-order valence-electron chi connectivity index (χ2n) is 7.75. The molecule has 4 rings (SSSR count). The van der Waals surface area contributed by atoms with Gasteiger partial charge in [-0.2, -0.15) is 0 Å². The van der Waals surface area contributed by atoms with Crippen LogP contribution in [0.1, 0.15) is 43.5 Å². The van der Waals surface area contributed by atoms with Crippen molar-refractivity contribution >= 4 is 16.7 Å². The van der Waals surface area contributed by atoms with Gasteiger partial charge in [-0.1, -0.05) is 12.1 Å². The van der Waals surface area contributed by atoms with Crippen LogP contribution in [0.5, 0.6) is 5.75 Å². The average Bonchev–Trinajstić information content (AvgIpc) is 2.78. The summed E-state index contributed by atoms with van der Waals surface area (Å²) in [4.78, 5) is 17.0. The summed E-state index contributed by atoms with van der Waals surface area (Å²) in [5, 5.41) is 11.9. The monoisotopic (exact) mass is 423 g/mol. The van der Waals surface area contributed by atoms with Crippen LogP contribution in [0.2, 0.25) is 0 Å². The molecule has 0 amide bonds. The molecule has 31 heavy (non-hydrogen) atoms. The van der Waals surface area contributed by atoms with E-state index < -0.39 is 0 Å². The van der Waals surface area contributed by atoms with E-state index in [2.05, 4.69) is 0 Å². The fourth-order valence-corrected chi connectivity index (χ4v) is 4.22. The first-order chi connectivity index (χ1) is 15.1. The zero-order chi connectivity index (χ0) is 21.8. The Morgan fingerprint density at radius 3 is 2.61 bits per heavy atom. The quantitative estimate of drug-likeness (QED) is 0.556. The van der Waals surface area contributed by atoms with E-state index in [1.54, 1.807) is 31.2 Å². The zero-order valence-corrected chi connectivity index (χ0v) is 17.6. The molecule has 2 aromatic carbocycles. The maximum absolute atomic E-state index is 13.6. The highest BCUT2D eigenvalue weighted by Crippen LogP contribution is 2.40. The number of esters is 1. The topological polar surface area (TPSA) is 68.7 Å². The molecule has 3 aromatic rings. The van der Waals surface area contributed by atoms with Crippen LogP contribution in [0.3, 0.4) is 0 Å². The molecule has 0 saturated carbocycles. The third kappa shape index (κ3) is 4.69. The molecule has 6 heteroatoms. The molecule has 1 aromatic heterocycles. The third-order valence-corrected chi connectivity index (χ3v) is 5.71. The number of benzene rings is 2. The fraction of sp³-hybridized carbons (Fsp3) is 0.360. The van der Waals surface area contributed by atoms with E-state index in [4.69, 9.17) is 14.5 Å². The lowest BCUT2D eigenvalue weighted by Gasteiger charge is -2.26. The van der Waals surface area contributed by atoms with E-state index in [1.165, 1.54) is 12.1 Å². The van der Waals surface area contributed by atoms with E-state index in [1.807, 2.05) is 6.07 Å². The minimum atomic E-state index is -0.294. The Bertz CT molecular complexity index is 1080. The van der Waals surface area contributed by atoms with Crippen molar-refractivity contribution < 1.29 is 23.8 Å². The van der Waals surface area contributed by atoms with E-state index in [0.717, 1.165) is 46.1 Å². The molecule has 0 spiro atoms. The molecule has 0 radical (unpaired) electrons. The smallest absolute Gasteiger partial charge is 0.306 e. The number of ether oxygens (including phenoxy) is 2. The lowest BCUT2D eigenvalue weighted by molar-refractivity contribution is -0.143. The maximum atomic E-state index is 13.6. The summed E-state index contributed by atoms with van der Waals surface area (Å²) in [5.41, 5.74) is 3.52. The summed E-state index contributed by atoms with van der Waals surface area (Å²) < 4.78 is 24.3. The summed E-state index contributed by atoms with van der Waals surface area (Å²) >= 11 is 0. The summed E-state index contributed by atoms with van der Waals surface area (Å²) in [7, 11) is 0. The lowest BCUT2D eigenvalue weighted by atomic mass is 9.86. The highest BCUT2D eigenvalue weighted by molar-refractivity contribution is 5.99. The number of nitrogens with zero attached hydrogens (tertiary/aromatic N) is 1. The maximum Gasteiger partial charge on any atom is 0.306 e. The van der Waals surface area contributed by atoms with Crippen LogP contribution in [0, 0.1) is 5.82 Å². The van der Waals surface area contributed by atoms with Gasteiger partial charge in [0.25, 0.3) is 0 Å². The molecular formula is C25H26FNO4. The fourth-order valence-electron chi connectivity index (χ4n) is 4.22. The number of phenolic OH excluding ortho intramolecular Hbond substituents is 1. The third-order valence-electron chi connectivity index (χ3n) is 5.71. The number of carbonyl (C=O) groups excluding carboxylic acids is 1. The van der Waals surface area contributed by atoms with Crippen LogP contribution < -0.4 is 0 Å². The highest BCUT2D eigenvalue weighted by atomic mass is 19.1. The van der Waals surface area contributed by atoms with Gasteiger partial charge in [0.1, 0.15) is 11.6 Å². The van der Waals surface area contributed by atoms with Gasteiger partial charge in [0.05, 0.1) is 18.7 Å². The van der Waals surface area contributed by atoms with Crippen molar-refractivity contribution in [1.82, 2.24) is 4.98 Å². The van der Waals surface area contributed by atoms with E-state index in [9.17, 15) is 14.3 Å². The molecule has 1 fully saturated rings. The first kappa shape index (κ1) is 21.2. The number of phenols is 1. The van der Waals surface area contributed by atoms with Crippen LogP contribution in [0.25, 0.3) is 21.9 Å². The lowest BCUT2D eigenvalue weighted by Crippen LogP contribution is -2.17. The number of aromatic hydroxyl groups is 1. The molecule has 0 bridgehead atoms. The standard InChI is InChI=1S/C25H26FNO4/c1-2-31-23(29)10-9-22-21-15-19(28)7-8-20(21)24(16-3-5-18(26)6-4-16)25(27-22)17-11-13-30-14-12-17/h3-8,15,17,28H,2,9-14H2,1H3. The van der Waals surface area contributed by atoms with E-state index in [0.29, 0.717) is 26.2 Å². The van der Waals surface area contributed by atoms with Gasteiger partial charge in [0.2, 0.25) is 0 Å². The number of halogens is 1. The molecule has 2 heterocycles. The van der Waals surface area contributed by atoms with E-state index >= 15 is 0 Å². The number of hydrogen-bond acceptors (Lipinski definition) is 5. The SMILES string of the molecule is CCOC(=O)CCc1nc(C2CCOCC2)c(-c2ccc(F)cc2)c2ccc(O)cc12. The van der Waals surface area contributed by atoms with Crippen molar-refractivity contribution in [3.8, 4) is 16.9 Å². The number of carbonyl (C=O) groups is 1. The Hall–Kier alpha value is -2.99. The summed E-state index contributed by atoms with van der Waals surface area (Å²) in [5.74, 6) is -0.228. The first-order valence-electron chi connectivity index (χ1n) is 10.7. The predicted octanol–water partition coefficient (Wildman–Crippen LogP) is 5.14. The molecule has 1 aliphatic rings. The Balaban J connectivity index is 1.89. The van der Waals surface area contributed by atoms with Gasteiger partial charge in [-0.15, -0.1) is 0 Å². The summed E-state index contributed by atoms with van der Waals surface area (Å²) in [6, 6.07) is 11.6. The van der Waals surface area contributed by atoms with Gasteiger partial charge >= 0.3 is 5.97 Å². The van der Waals surface area contributed by atoms with Crippen molar-refractivity contribution in [3.63, 3.8) is 0 Å². The molecule has 1 saturated heterocycles.